The standard InChI is InChI=1S/C31H34N6O5/c1-31(2,3)27-16-28(35-42-27)34-30(40)32-19-5-8-25-18(13-19)14-26(41-25)29(39)23-15-20-21(24(38)7-6-22(20)33-23)17-37-11-9-36(4)10-12-37/h5-8,13-16,33,38H,9-12,17H2,1-4H3,(H2,32,34,35,40). The molecular weight excluding hydrogens is 536 g/mol. The Kier molecular flexibility index (Phi) is 6.99. The molecule has 1 aliphatic heterocycles. The lowest BCUT2D eigenvalue weighted by atomic mass is 9.93. The Labute approximate surface area is 242 Å². The van der Waals surface area contributed by atoms with E-state index in [4.69, 9.17) is 8.94 Å². The summed E-state index contributed by atoms with van der Waals surface area (Å²) in [5, 5.41) is 21.5. The first-order valence-electron chi connectivity index (χ1n) is 13.9. The Morgan fingerprint density at radius 2 is 1.81 bits per heavy atom. The predicted octanol–water partition coefficient (Wildman–Crippen LogP) is 5.53. The number of urea groups is 1. The van der Waals surface area contributed by atoms with Gasteiger partial charge in [-0.1, -0.05) is 25.9 Å². The van der Waals surface area contributed by atoms with Crippen molar-refractivity contribution < 1.29 is 23.6 Å². The molecule has 11 heteroatoms. The minimum atomic E-state index is -0.475. The maximum atomic E-state index is 13.4. The van der Waals surface area contributed by atoms with Crippen LogP contribution >= 0.6 is 0 Å². The van der Waals surface area contributed by atoms with Crippen molar-refractivity contribution in [3.8, 4) is 5.75 Å². The lowest BCUT2D eigenvalue weighted by Crippen LogP contribution is -2.43. The van der Waals surface area contributed by atoms with E-state index in [-0.39, 0.29) is 22.7 Å². The molecule has 1 aliphatic rings. The highest BCUT2D eigenvalue weighted by molar-refractivity contribution is 6.10. The number of hydrogen-bond donors (Lipinski definition) is 4. The Balaban J connectivity index is 1.18. The number of nitrogens with one attached hydrogen (secondary N) is 3. The van der Waals surface area contributed by atoms with Crippen LogP contribution in [0, 0.1) is 0 Å². The summed E-state index contributed by atoms with van der Waals surface area (Å²) in [5.74, 6) is 1.05. The third-order valence-electron chi connectivity index (χ3n) is 7.60. The van der Waals surface area contributed by atoms with Crippen LogP contribution in [-0.2, 0) is 12.0 Å². The molecule has 1 fully saturated rings. The van der Waals surface area contributed by atoms with E-state index in [1.807, 2.05) is 20.8 Å². The molecule has 0 saturated carbocycles. The van der Waals surface area contributed by atoms with Crippen molar-refractivity contribution in [2.24, 2.45) is 0 Å². The smallest absolute Gasteiger partial charge is 0.324 e. The number of piperazine rings is 1. The molecule has 4 heterocycles. The Morgan fingerprint density at radius 3 is 2.55 bits per heavy atom. The van der Waals surface area contributed by atoms with Gasteiger partial charge in [-0.25, -0.2) is 4.79 Å². The normalized spacial score (nSPS) is 15.0. The molecule has 0 aliphatic carbocycles. The highest BCUT2D eigenvalue weighted by Gasteiger charge is 2.22. The fraction of sp³-hybridized carbons (Fsp3) is 0.323. The van der Waals surface area contributed by atoms with Crippen LogP contribution in [0.2, 0.25) is 0 Å². The van der Waals surface area contributed by atoms with E-state index in [0.29, 0.717) is 40.5 Å². The molecule has 0 radical (unpaired) electrons. The molecule has 2 aromatic carbocycles. The first-order chi connectivity index (χ1) is 20.0. The summed E-state index contributed by atoms with van der Waals surface area (Å²) in [6.45, 7) is 10.4. The second-order valence-electron chi connectivity index (χ2n) is 11.9. The number of aromatic amines is 1. The number of phenols is 1. The zero-order valence-corrected chi connectivity index (χ0v) is 24.1. The van der Waals surface area contributed by atoms with Gasteiger partial charge >= 0.3 is 6.03 Å². The number of carbonyl (C=O) groups excluding carboxylic acids is 2. The van der Waals surface area contributed by atoms with Crippen LogP contribution in [-0.4, -0.2) is 70.1 Å². The molecule has 5 aromatic rings. The molecule has 4 N–H and O–H groups in total. The minimum absolute atomic E-state index is 0.167. The van der Waals surface area contributed by atoms with Gasteiger partial charge in [-0.2, -0.15) is 0 Å². The highest BCUT2D eigenvalue weighted by Crippen LogP contribution is 2.31. The van der Waals surface area contributed by atoms with E-state index in [2.05, 4.69) is 37.6 Å². The average molecular weight is 571 g/mol. The summed E-state index contributed by atoms with van der Waals surface area (Å²) in [6, 6.07) is 13.2. The maximum absolute atomic E-state index is 13.4. The van der Waals surface area contributed by atoms with Crippen LogP contribution < -0.4 is 10.6 Å². The van der Waals surface area contributed by atoms with Crippen LogP contribution in [0.5, 0.6) is 5.75 Å². The van der Waals surface area contributed by atoms with E-state index in [1.165, 1.54) is 0 Å². The van der Waals surface area contributed by atoms with Crippen molar-refractivity contribution in [1.82, 2.24) is 19.9 Å². The number of furan rings is 1. The number of ketones is 1. The summed E-state index contributed by atoms with van der Waals surface area (Å²) < 4.78 is 11.2. The zero-order valence-electron chi connectivity index (χ0n) is 24.1. The number of likely N-dealkylation sites (N-methyl/N-ethyl adjacent to an activating group) is 1. The number of anilines is 2. The van der Waals surface area contributed by atoms with Gasteiger partial charge in [0.25, 0.3) is 0 Å². The topological polar surface area (TPSA) is 140 Å². The number of hydrogen-bond acceptors (Lipinski definition) is 8. The van der Waals surface area contributed by atoms with E-state index in [9.17, 15) is 14.7 Å². The van der Waals surface area contributed by atoms with E-state index >= 15 is 0 Å². The molecule has 0 unspecified atom stereocenters. The summed E-state index contributed by atoms with van der Waals surface area (Å²) in [4.78, 5) is 33.8. The molecule has 1 saturated heterocycles. The maximum Gasteiger partial charge on any atom is 0.324 e. The molecular formula is C31H34N6O5. The molecule has 0 atom stereocenters. The lowest BCUT2D eigenvalue weighted by molar-refractivity contribution is 0.101. The van der Waals surface area contributed by atoms with Gasteiger partial charge in [0.2, 0.25) is 5.78 Å². The number of rotatable bonds is 6. The lowest BCUT2D eigenvalue weighted by Gasteiger charge is -2.32. The van der Waals surface area contributed by atoms with Crippen LogP contribution in [0.15, 0.2) is 57.5 Å². The minimum Gasteiger partial charge on any atom is -0.508 e. The number of aromatic hydroxyl groups is 1. The molecule has 0 bridgehead atoms. The third kappa shape index (κ3) is 5.61. The summed E-state index contributed by atoms with van der Waals surface area (Å²) in [5.41, 5.74) is 2.75. The van der Waals surface area contributed by atoms with Gasteiger partial charge in [-0.3, -0.25) is 15.0 Å². The van der Waals surface area contributed by atoms with Gasteiger partial charge in [-0.15, -0.1) is 0 Å². The Bertz CT molecular complexity index is 1780. The zero-order chi connectivity index (χ0) is 29.6. The van der Waals surface area contributed by atoms with Gasteiger partial charge in [-0.05, 0) is 49.5 Å². The van der Waals surface area contributed by atoms with Gasteiger partial charge in [0.15, 0.2) is 11.6 Å². The number of amides is 2. The molecule has 0 spiro atoms. The fourth-order valence-corrected chi connectivity index (χ4v) is 5.10. The van der Waals surface area contributed by atoms with Crippen molar-refractivity contribution in [3.05, 3.63) is 71.3 Å². The summed E-state index contributed by atoms with van der Waals surface area (Å²) >= 11 is 0. The first-order valence-corrected chi connectivity index (χ1v) is 13.9. The summed E-state index contributed by atoms with van der Waals surface area (Å²) in [7, 11) is 2.11. The molecule has 11 nitrogen and oxygen atoms in total. The Hall–Kier alpha value is -4.61. The molecule has 6 rings (SSSR count). The van der Waals surface area contributed by atoms with E-state index in [1.54, 1.807) is 48.5 Å². The van der Waals surface area contributed by atoms with Gasteiger partial charge < -0.3 is 29.2 Å². The number of aromatic nitrogens is 2. The number of H-pyrrole nitrogens is 1. The molecule has 218 valence electrons. The van der Waals surface area contributed by atoms with Crippen molar-refractivity contribution in [3.63, 3.8) is 0 Å². The van der Waals surface area contributed by atoms with Crippen molar-refractivity contribution in [1.29, 1.82) is 0 Å². The number of carbonyl (C=O) groups is 2. The predicted molar refractivity (Wildman–Crippen MR) is 160 cm³/mol. The second kappa shape index (κ2) is 10.7. The van der Waals surface area contributed by atoms with E-state index < -0.39 is 6.03 Å². The number of nitrogens with zero attached hydrogens (tertiary/aromatic N) is 3. The van der Waals surface area contributed by atoms with Gasteiger partial charge in [0, 0.05) is 71.7 Å². The quantitative estimate of drug-likeness (QED) is 0.196. The second-order valence-corrected chi connectivity index (χ2v) is 11.9. The third-order valence-corrected chi connectivity index (χ3v) is 7.60. The number of fused-ring (bicyclic) bond motifs is 2. The van der Waals surface area contributed by atoms with Crippen LogP contribution in [0.4, 0.5) is 16.3 Å². The first kappa shape index (κ1) is 27.6. The summed E-state index contributed by atoms with van der Waals surface area (Å²) in [6.07, 6.45) is 0. The van der Waals surface area contributed by atoms with Crippen molar-refractivity contribution >= 4 is 45.2 Å². The number of benzene rings is 2. The largest absolute Gasteiger partial charge is 0.508 e. The molecule has 3 aromatic heterocycles. The van der Waals surface area contributed by atoms with Gasteiger partial charge in [0.05, 0.1) is 5.69 Å². The molecule has 42 heavy (non-hydrogen) atoms. The Morgan fingerprint density at radius 1 is 1.02 bits per heavy atom. The van der Waals surface area contributed by atoms with Crippen molar-refractivity contribution in [2.45, 2.75) is 32.7 Å². The molecule has 2 amide bonds. The monoisotopic (exact) mass is 570 g/mol. The van der Waals surface area contributed by atoms with E-state index in [0.717, 1.165) is 42.6 Å². The highest BCUT2D eigenvalue weighted by atomic mass is 16.5. The SMILES string of the molecule is CN1CCN(Cc2c(O)ccc3[nH]c(C(=O)c4cc5cc(NC(=O)Nc6cc(C(C)(C)C)on6)ccc5o4)cc23)CC1. The van der Waals surface area contributed by atoms with Crippen LogP contribution in [0.1, 0.15) is 48.3 Å². The number of phenolic OH excluding ortho intramolecular Hbond substituents is 1. The van der Waals surface area contributed by atoms with Crippen LogP contribution in [0.3, 0.4) is 0 Å². The van der Waals surface area contributed by atoms with Crippen LogP contribution in [0.25, 0.3) is 21.9 Å². The van der Waals surface area contributed by atoms with Gasteiger partial charge in [0.1, 0.15) is 17.1 Å². The average Bonchev–Trinajstić information content (AvgIpc) is 3.69. The fourth-order valence-electron chi connectivity index (χ4n) is 5.10. The van der Waals surface area contributed by atoms with Crippen molar-refractivity contribution in [2.75, 3.05) is 43.9 Å².